The highest BCUT2D eigenvalue weighted by molar-refractivity contribution is 5.89. The summed E-state index contributed by atoms with van der Waals surface area (Å²) in [5, 5.41) is 35.2. The Kier molecular flexibility index (Phi) is 11.9. The smallest absolute Gasteiger partial charge is 0.249 e. The van der Waals surface area contributed by atoms with Gasteiger partial charge < -0.3 is 46.4 Å². The van der Waals surface area contributed by atoms with Crippen LogP contribution in [0.1, 0.15) is 73.1 Å². The van der Waals surface area contributed by atoms with Crippen LogP contribution in [0.2, 0.25) is 0 Å². The van der Waals surface area contributed by atoms with Crippen molar-refractivity contribution < 1.29 is 9.59 Å². The maximum Gasteiger partial charge on any atom is 0.249 e. The van der Waals surface area contributed by atoms with Crippen molar-refractivity contribution in [2.45, 2.75) is 63.7 Å². The third-order valence-corrected chi connectivity index (χ3v) is 12.7. The van der Waals surface area contributed by atoms with E-state index in [9.17, 15) is 9.59 Å². The first-order chi connectivity index (χ1) is 32.7. The number of fused-ring (bicyclic) bond motifs is 4. The molecule has 1 aliphatic heterocycles. The normalized spacial score (nSPS) is 17.6. The van der Waals surface area contributed by atoms with E-state index >= 15 is 0 Å². The van der Waals surface area contributed by atoms with E-state index in [2.05, 4.69) is 127 Å². The molecule has 2 amide bonds. The molecule has 7 heterocycles. The molecule has 4 atom stereocenters. The summed E-state index contributed by atoms with van der Waals surface area (Å²) in [7, 11) is 3.65. The van der Waals surface area contributed by atoms with Crippen molar-refractivity contribution >= 4 is 69.0 Å². The highest BCUT2D eigenvalue weighted by Gasteiger charge is 2.28. The average molecular weight is 904 g/mol. The van der Waals surface area contributed by atoms with Crippen LogP contribution in [-0.2, 0) is 22.4 Å². The zero-order valence-corrected chi connectivity index (χ0v) is 37.7. The number of hydrogen-bond acceptors (Lipinski definition) is 15. The van der Waals surface area contributed by atoms with Crippen molar-refractivity contribution in [3.05, 3.63) is 108 Å². The lowest BCUT2D eigenvalue weighted by atomic mass is 10.1. The van der Waals surface area contributed by atoms with E-state index in [1.807, 2.05) is 36.4 Å². The zero-order valence-electron chi connectivity index (χ0n) is 37.7. The summed E-state index contributed by atoms with van der Waals surface area (Å²) in [4.78, 5) is 56.6. The number of anilines is 6. The van der Waals surface area contributed by atoms with Crippen molar-refractivity contribution in [2.75, 3.05) is 61.5 Å². The summed E-state index contributed by atoms with van der Waals surface area (Å²) in [5.41, 5.74) is 6.83. The fourth-order valence-corrected chi connectivity index (χ4v) is 8.93. The third-order valence-electron chi connectivity index (χ3n) is 12.7. The fraction of sp³-hybridized carbons (Fsp3) is 0.348. The van der Waals surface area contributed by atoms with E-state index in [0.29, 0.717) is 23.5 Å². The Hall–Kier alpha value is -7.94. The van der Waals surface area contributed by atoms with E-state index in [-0.39, 0.29) is 23.9 Å². The summed E-state index contributed by atoms with van der Waals surface area (Å²) in [6, 6.07) is 20.4. The van der Waals surface area contributed by atoms with Gasteiger partial charge in [-0.25, -0.2) is 0 Å². The number of hydrogen-bond donors (Lipinski definition) is 7. The largest absolute Gasteiger partial charge is 0.363 e. The van der Waals surface area contributed by atoms with Crippen LogP contribution in [0.5, 0.6) is 0 Å². The number of aryl methyl sites for hydroxylation is 2. The van der Waals surface area contributed by atoms with Gasteiger partial charge in [-0.05, 0) is 81.0 Å². The summed E-state index contributed by atoms with van der Waals surface area (Å²) in [6.07, 6.45) is 11.0. The van der Waals surface area contributed by atoms with Gasteiger partial charge in [0.1, 0.15) is 35.0 Å². The molecule has 344 valence electrons. The van der Waals surface area contributed by atoms with Gasteiger partial charge in [-0.1, -0.05) is 48.5 Å². The molecule has 0 spiro atoms. The zero-order chi connectivity index (χ0) is 46.0. The van der Waals surface area contributed by atoms with E-state index in [4.69, 9.17) is 9.97 Å². The molecule has 0 radical (unpaired) electrons. The first-order valence-corrected chi connectivity index (χ1v) is 22.6. The number of likely N-dealkylation sites (N-methyl/N-ethyl adjacent to an activating group) is 2. The van der Waals surface area contributed by atoms with Gasteiger partial charge >= 0.3 is 0 Å². The molecule has 2 aromatic carbocycles. The molecule has 1 saturated heterocycles. The number of benzene rings is 2. The number of rotatable bonds is 12. The Bertz CT molecular complexity index is 3040. The highest BCUT2D eigenvalue weighted by Crippen LogP contribution is 2.37. The van der Waals surface area contributed by atoms with Gasteiger partial charge in [-0.15, -0.1) is 10.2 Å². The molecule has 21 heteroatoms. The predicted octanol–water partition coefficient (Wildman–Crippen LogP) is 5.43. The van der Waals surface area contributed by atoms with E-state index in [1.54, 1.807) is 26.4 Å². The van der Waals surface area contributed by atoms with Gasteiger partial charge in [-0.3, -0.25) is 9.59 Å². The Morgan fingerprint density at radius 2 is 1.15 bits per heavy atom. The number of amides is 2. The number of piperazine rings is 1. The van der Waals surface area contributed by atoms with Crippen LogP contribution in [0, 0.1) is 0 Å². The van der Waals surface area contributed by atoms with Crippen LogP contribution in [0.15, 0.2) is 85.5 Å². The second-order valence-electron chi connectivity index (χ2n) is 17.1. The second kappa shape index (κ2) is 18.5. The first kappa shape index (κ1) is 43.0. The lowest BCUT2D eigenvalue weighted by molar-refractivity contribution is -0.136. The number of nitrogens with one attached hydrogen (secondary N) is 7. The van der Waals surface area contributed by atoms with Crippen LogP contribution in [0.4, 0.5) is 35.2 Å². The molecule has 2 aliphatic carbocycles. The van der Waals surface area contributed by atoms with Crippen molar-refractivity contribution in [1.82, 2.24) is 75.0 Å². The molecule has 8 aromatic rings. The molecule has 67 heavy (non-hydrogen) atoms. The standard InChI is InChI=1S/C25H30N10O.C21H23N9O/c1-16(24(36)34-13-11-33(2)12-14-34)35-27-15-21(32-35)29-25-30-22-19(9-10-26-22)23(31-25)28-20-8-7-17-5-3-4-6-18(17)20;1-12(20(31)22-2)30-24-11-17(29-30)26-21-27-18-15(9-10-23-18)19(28-21)25-16-8-7-13-5-3-4-6-14(13)16/h3-6,9-10,15-16,20H,7-8,11-14H2,1-2H3,(H3,26,28,29,30,31,32);3-6,9-12,16H,7-8H2,1-2H3,(H,22,31)(H3,23,25,26,27,28,29)/t16?,20-;12?,16-/m11/s1. The fourth-order valence-electron chi connectivity index (χ4n) is 8.93. The van der Waals surface area contributed by atoms with E-state index in [0.717, 1.165) is 85.6 Å². The molecule has 3 aliphatic rings. The second-order valence-corrected chi connectivity index (χ2v) is 17.1. The Labute approximate surface area is 385 Å². The number of nitrogens with zero attached hydrogens (tertiary/aromatic N) is 12. The molecule has 11 rings (SSSR count). The van der Waals surface area contributed by atoms with Gasteiger partial charge in [0.05, 0.1) is 35.2 Å². The summed E-state index contributed by atoms with van der Waals surface area (Å²) >= 11 is 0. The van der Waals surface area contributed by atoms with Gasteiger partial charge in [0.25, 0.3) is 0 Å². The molecular weight excluding hydrogens is 851 g/mol. The van der Waals surface area contributed by atoms with E-state index in [1.165, 1.54) is 31.8 Å². The number of H-pyrrole nitrogens is 2. The molecule has 2 unspecified atom stereocenters. The summed E-state index contributed by atoms with van der Waals surface area (Å²) in [6.45, 7) is 6.74. The van der Waals surface area contributed by atoms with Crippen molar-refractivity contribution in [3.63, 3.8) is 0 Å². The number of aromatic nitrogens is 12. The lowest BCUT2D eigenvalue weighted by Crippen LogP contribution is -2.49. The van der Waals surface area contributed by atoms with Gasteiger partial charge in [0, 0.05) is 45.6 Å². The molecule has 7 N–H and O–H groups in total. The molecule has 6 aromatic heterocycles. The Balaban J connectivity index is 0.000000159. The predicted molar refractivity (Wildman–Crippen MR) is 254 cm³/mol. The maximum atomic E-state index is 12.9. The van der Waals surface area contributed by atoms with Crippen LogP contribution < -0.4 is 26.6 Å². The minimum Gasteiger partial charge on any atom is -0.363 e. The minimum atomic E-state index is -0.521. The molecule has 21 nitrogen and oxygen atoms in total. The van der Waals surface area contributed by atoms with Crippen LogP contribution in [0.25, 0.3) is 22.1 Å². The maximum absolute atomic E-state index is 12.9. The van der Waals surface area contributed by atoms with Crippen molar-refractivity contribution in [3.8, 4) is 0 Å². The average Bonchev–Trinajstić information content (AvgIpc) is 4.22. The number of aromatic amines is 2. The van der Waals surface area contributed by atoms with Crippen molar-refractivity contribution in [1.29, 1.82) is 0 Å². The first-order valence-electron chi connectivity index (χ1n) is 22.6. The minimum absolute atomic E-state index is 0.0256. The number of carbonyl (C=O) groups excluding carboxylic acids is 2. The molecular formula is C46H53N19O2. The molecule has 1 fully saturated rings. The van der Waals surface area contributed by atoms with E-state index < -0.39 is 12.1 Å². The highest BCUT2D eigenvalue weighted by atomic mass is 16.2. The third kappa shape index (κ3) is 9.04. The summed E-state index contributed by atoms with van der Waals surface area (Å²) in [5.74, 6) is 3.10. The van der Waals surface area contributed by atoms with Crippen molar-refractivity contribution in [2.24, 2.45) is 0 Å². The van der Waals surface area contributed by atoms with Gasteiger partial charge in [0.2, 0.25) is 23.7 Å². The quantitative estimate of drug-likeness (QED) is 0.0809. The van der Waals surface area contributed by atoms with Gasteiger partial charge in [0.15, 0.2) is 11.6 Å². The van der Waals surface area contributed by atoms with Crippen LogP contribution in [-0.4, -0.2) is 122 Å². The number of carbonyl (C=O) groups is 2. The summed E-state index contributed by atoms with van der Waals surface area (Å²) < 4.78 is 0. The Morgan fingerprint density at radius 1 is 0.657 bits per heavy atom. The topological polar surface area (TPSA) is 245 Å². The van der Waals surface area contributed by atoms with Crippen LogP contribution in [0.3, 0.4) is 0 Å². The SMILES string of the molecule is CC(C(=O)N1CCN(C)CC1)n1ncc(Nc2nc(N[C@@H]3CCc4ccccc43)c3cc[nH]c3n2)n1.CNC(=O)C(C)n1ncc(Nc2nc(N[C@@H]3CCc4ccccc43)c3cc[nH]c3n2)n1. The molecule has 0 saturated carbocycles. The Morgan fingerprint density at radius 3 is 1.66 bits per heavy atom. The van der Waals surface area contributed by atoms with Crippen LogP contribution >= 0.6 is 0 Å². The lowest BCUT2D eigenvalue weighted by Gasteiger charge is -2.33. The molecule has 0 bridgehead atoms. The monoisotopic (exact) mass is 903 g/mol. The van der Waals surface area contributed by atoms with Gasteiger partial charge in [-0.2, -0.15) is 39.7 Å².